The fourth-order valence-corrected chi connectivity index (χ4v) is 1.50. The SMILES string of the molecule is CC(C)(C)C(N)CC(=O)Nc1ccc(OCC(=O)O)cc1. The van der Waals surface area contributed by atoms with E-state index in [2.05, 4.69) is 5.32 Å². The summed E-state index contributed by atoms with van der Waals surface area (Å²) in [7, 11) is 0. The summed E-state index contributed by atoms with van der Waals surface area (Å²) in [5.41, 5.74) is 6.44. The second kappa shape index (κ2) is 7.08. The Morgan fingerprint density at radius 3 is 2.33 bits per heavy atom. The molecule has 0 bridgehead atoms. The van der Waals surface area contributed by atoms with Crippen molar-refractivity contribution in [2.45, 2.75) is 33.2 Å². The predicted octanol–water partition coefficient (Wildman–Crippen LogP) is 1.85. The monoisotopic (exact) mass is 294 g/mol. The van der Waals surface area contributed by atoms with Gasteiger partial charge in [-0.05, 0) is 29.7 Å². The first kappa shape index (κ1) is 17.0. The van der Waals surface area contributed by atoms with Gasteiger partial charge in [0.25, 0.3) is 0 Å². The largest absolute Gasteiger partial charge is 0.482 e. The third-order valence-corrected chi connectivity index (χ3v) is 3.02. The van der Waals surface area contributed by atoms with Gasteiger partial charge in [-0.3, -0.25) is 4.79 Å². The minimum atomic E-state index is -1.04. The molecule has 1 unspecified atom stereocenters. The van der Waals surface area contributed by atoms with E-state index in [9.17, 15) is 9.59 Å². The molecule has 0 radical (unpaired) electrons. The van der Waals surface area contributed by atoms with E-state index in [-0.39, 0.29) is 23.8 Å². The van der Waals surface area contributed by atoms with Crippen LogP contribution in [0.4, 0.5) is 5.69 Å². The van der Waals surface area contributed by atoms with Crippen LogP contribution < -0.4 is 15.8 Å². The Kier molecular flexibility index (Phi) is 5.72. The molecule has 1 aromatic carbocycles. The molecule has 116 valence electrons. The van der Waals surface area contributed by atoms with Crippen LogP contribution in [0.25, 0.3) is 0 Å². The Hall–Kier alpha value is -2.08. The van der Waals surface area contributed by atoms with Gasteiger partial charge in [-0.1, -0.05) is 20.8 Å². The van der Waals surface area contributed by atoms with E-state index in [1.54, 1.807) is 24.3 Å². The number of anilines is 1. The number of carbonyl (C=O) groups excluding carboxylic acids is 1. The van der Waals surface area contributed by atoms with Crippen molar-refractivity contribution < 1.29 is 19.4 Å². The van der Waals surface area contributed by atoms with Crippen LogP contribution in [-0.2, 0) is 9.59 Å². The summed E-state index contributed by atoms with van der Waals surface area (Å²) < 4.78 is 5.00. The molecule has 0 spiro atoms. The first-order chi connectivity index (χ1) is 9.68. The molecule has 6 nitrogen and oxygen atoms in total. The topological polar surface area (TPSA) is 102 Å². The van der Waals surface area contributed by atoms with Gasteiger partial charge in [0.1, 0.15) is 5.75 Å². The molecule has 0 aromatic heterocycles. The zero-order valence-corrected chi connectivity index (χ0v) is 12.6. The third kappa shape index (κ3) is 6.27. The number of carboxylic acid groups (broad SMARTS) is 1. The van der Waals surface area contributed by atoms with Crippen molar-refractivity contribution in [2.75, 3.05) is 11.9 Å². The average Bonchev–Trinajstić information content (AvgIpc) is 2.36. The zero-order valence-electron chi connectivity index (χ0n) is 12.6. The lowest BCUT2D eigenvalue weighted by Crippen LogP contribution is -2.38. The lowest BCUT2D eigenvalue weighted by Gasteiger charge is -2.26. The summed E-state index contributed by atoms with van der Waals surface area (Å²) in [6.07, 6.45) is 0.237. The minimum absolute atomic E-state index is 0.133. The first-order valence-corrected chi connectivity index (χ1v) is 6.68. The van der Waals surface area contributed by atoms with Crippen LogP contribution in [0.1, 0.15) is 27.2 Å². The summed E-state index contributed by atoms with van der Waals surface area (Å²) in [5.74, 6) is -0.762. The molecule has 0 heterocycles. The van der Waals surface area contributed by atoms with E-state index in [1.807, 2.05) is 20.8 Å². The Morgan fingerprint density at radius 1 is 1.29 bits per heavy atom. The van der Waals surface area contributed by atoms with Crippen LogP contribution >= 0.6 is 0 Å². The number of aliphatic carboxylic acids is 1. The first-order valence-electron chi connectivity index (χ1n) is 6.68. The van der Waals surface area contributed by atoms with Crippen molar-refractivity contribution in [2.24, 2.45) is 11.1 Å². The molecule has 1 amide bonds. The highest BCUT2D eigenvalue weighted by Gasteiger charge is 2.23. The molecule has 0 aliphatic rings. The van der Waals surface area contributed by atoms with Crippen LogP contribution in [-0.4, -0.2) is 29.6 Å². The summed E-state index contributed by atoms with van der Waals surface area (Å²) >= 11 is 0. The normalized spacial score (nSPS) is 12.6. The minimum Gasteiger partial charge on any atom is -0.482 e. The fourth-order valence-electron chi connectivity index (χ4n) is 1.50. The number of nitrogens with two attached hydrogens (primary N) is 1. The molecule has 0 aliphatic heterocycles. The third-order valence-electron chi connectivity index (χ3n) is 3.02. The van der Waals surface area contributed by atoms with E-state index in [4.69, 9.17) is 15.6 Å². The van der Waals surface area contributed by atoms with E-state index in [0.29, 0.717) is 11.4 Å². The van der Waals surface area contributed by atoms with Crippen LogP contribution in [0.15, 0.2) is 24.3 Å². The maximum atomic E-state index is 11.9. The van der Waals surface area contributed by atoms with Crippen LogP contribution in [0.2, 0.25) is 0 Å². The molecule has 0 saturated heterocycles. The number of nitrogens with one attached hydrogen (secondary N) is 1. The van der Waals surface area contributed by atoms with Crippen LogP contribution in [0.5, 0.6) is 5.75 Å². The molecule has 0 fully saturated rings. The highest BCUT2D eigenvalue weighted by molar-refractivity contribution is 5.91. The second-order valence-electron chi connectivity index (χ2n) is 5.93. The van der Waals surface area contributed by atoms with Crippen molar-refractivity contribution in [3.05, 3.63) is 24.3 Å². The number of hydrogen-bond donors (Lipinski definition) is 3. The molecular weight excluding hydrogens is 272 g/mol. The molecule has 0 aliphatic carbocycles. The number of ether oxygens (including phenoxy) is 1. The predicted molar refractivity (Wildman–Crippen MR) is 80.2 cm³/mol. The Balaban J connectivity index is 2.52. The average molecular weight is 294 g/mol. The summed E-state index contributed by atoms with van der Waals surface area (Å²) in [5, 5.41) is 11.3. The molecule has 0 saturated carbocycles. The fraction of sp³-hybridized carbons (Fsp3) is 0.467. The van der Waals surface area contributed by atoms with Crippen molar-refractivity contribution >= 4 is 17.6 Å². The summed E-state index contributed by atoms with van der Waals surface area (Å²) in [4.78, 5) is 22.2. The lowest BCUT2D eigenvalue weighted by atomic mass is 9.85. The second-order valence-corrected chi connectivity index (χ2v) is 5.93. The zero-order chi connectivity index (χ0) is 16.0. The highest BCUT2D eigenvalue weighted by atomic mass is 16.5. The standard InChI is InChI=1S/C15H22N2O4/c1-15(2,3)12(16)8-13(18)17-10-4-6-11(7-5-10)21-9-14(19)20/h4-7,12H,8-9,16H2,1-3H3,(H,17,18)(H,19,20). The van der Waals surface area contributed by atoms with Gasteiger partial charge in [0.15, 0.2) is 6.61 Å². The number of benzene rings is 1. The van der Waals surface area contributed by atoms with Gasteiger partial charge in [-0.25, -0.2) is 4.79 Å². The molecule has 1 aromatic rings. The van der Waals surface area contributed by atoms with E-state index in [0.717, 1.165) is 0 Å². The van der Waals surface area contributed by atoms with E-state index in [1.165, 1.54) is 0 Å². The van der Waals surface area contributed by atoms with Crippen LogP contribution in [0.3, 0.4) is 0 Å². The van der Waals surface area contributed by atoms with Gasteiger partial charge in [0.2, 0.25) is 5.91 Å². The van der Waals surface area contributed by atoms with Crippen LogP contribution in [0, 0.1) is 5.41 Å². The number of carbonyl (C=O) groups is 2. The van der Waals surface area contributed by atoms with Gasteiger partial charge in [0.05, 0.1) is 0 Å². The maximum absolute atomic E-state index is 11.9. The van der Waals surface area contributed by atoms with Crippen molar-refractivity contribution in [3.63, 3.8) is 0 Å². The number of rotatable bonds is 6. The van der Waals surface area contributed by atoms with Gasteiger partial charge in [0, 0.05) is 18.2 Å². The molecular formula is C15H22N2O4. The van der Waals surface area contributed by atoms with E-state index < -0.39 is 12.6 Å². The molecule has 1 rings (SSSR count). The van der Waals surface area contributed by atoms with Crippen molar-refractivity contribution in [3.8, 4) is 5.75 Å². The highest BCUT2D eigenvalue weighted by Crippen LogP contribution is 2.21. The van der Waals surface area contributed by atoms with E-state index >= 15 is 0 Å². The van der Waals surface area contributed by atoms with Crippen molar-refractivity contribution in [1.82, 2.24) is 0 Å². The maximum Gasteiger partial charge on any atom is 0.341 e. The van der Waals surface area contributed by atoms with Crippen molar-refractivity contribution in [1.29, 1.82) is 0 Å². The number of hydrogen-bond acceptors (Lipinski definition) is 4. The number of amides is 1. The molecule has 21 heavy (non-hydrogen) atoms. The molecule has 1 atom stereocenters. The van der Waals surface area contributed by atoms with Gasteiger partial charge >= 0.3 is 5.97 Å². The van der Waals surface area contributed by atoms with Gasteiger partial charge in [-0.2, -0.15) is 0 Å². The van der Waals surface area contributed by atoms with Gasteiger partial charge in [-0.15, -0.1) is 0 Å². The molecule has 4 N–H and O–H groups in total. The summed E-state index contributed by atoms with van der Waals surface area (Å²) in [6.45, 7) is 5.56. The Labute approximate surface area is 124 Å². The quantitative estimate of drug-likeness (QED) is 0.743. The van der Waals surface area contributed by atoms with Gasteiger partial charge < -0.3 is 20.9 Å². The lowest BCUT2D eigenvalue weighted by molar-refractivity contribution is -0.139. The Bertz CT molecular complexity index is 491. The Morgan fingerprint density at radius 2 is 1.86 bits per heavy atom. The smallest absolute Gasteiger partial charge is 0.341 e. The summed E-state index contributed by atoms with van der Waals surface area (Å²) in [6, 6.07) is 6.27. The molecule has 6 heteroatoms. The number of carboxylic acids is 1.